The van der Waals surface area contributed by atoms with Crippen LogP contribution in [0.3, 0.4) is 0 Å². The SMILES string of the molecule is Cc1c(CC(=O)NC(C(=O)O)c2ccccc2)c(=O)oc2cc3occ(-c4ccccc4)c3cc12. The Labute approximate surface area is 199 Å². The van der Waals surface area contributed by atoms with Crippen molar-refractivity contribution in [1.82, 2.24) is 5.32 Å². The highest BCUT2D eigenvalue weighted by Crippen LogP contribution is 2.34. The van der Waals surface area contributed by atoms with Gasteiger partial charge in [-0.1, -0.05) is 60.7 Å². The van der Waals surface area contributed by atoms with Gasteiger partial charge in [0.05, 0.1) is 18.2 Å². The molecule has 2 heterocycles. The monoisotopic (exact) mass is 467 g/mol. The molecule has 35 heavy (non-hydrogen) atoms. The minimum atomic E-state index is -1.23. The average Bonchev–Trinajstić information content (AvgIpc) is 3.28. The normalized spacial score (nSPS) is 12.0. The summed E-state index contributed by atoms with van der Waals surface area (Å²) in [6.07, 6.45) is 1.35. The Morgan fingerprint density at radius 3 is 2.31 bits per heavy atom. The molecule has 5 aromatic rings. The third-order valence-corrected chi connectivity index (χ3v) is 6.09. The number of amides is 1. The molecule has 3 aromatic carbocycles. The molecule has 0 bridgehead atoms. The predicted molar refractivity (Wildman–Crippen MR) is 131 cm³/mol. The lowest BCUT2D eigenvalue weighted by Crippen LogP contribution is -2.35. The molecule has 0 aliphatic rings. The number of hydrogen-bond donors (Lipinski definition) is 2. The molecule has 0 fully saturated rings. The summed E-state index contributed by atoms with van der Waals surface area (Å²) in [5, 5.41) is 13.6. The fraction of sp³-hybridized carbons (Fsp3) is 0.107. The van der Waals surface area contributed by atoms with Crippen molar-refractivity contribution in [2.24, 2.45) is 0 Å². The molecule has 7 heteroatoms. The largest absolute Gasteiger partial charge is 0.479 e. The molecular weight excluding hydrogens is 446 g/mol. The molecule has 1 amide bonds. The summed E-state index contributed by atoms with van der Waals surface area (Å²) in [6.45, 7) is 1.75. The Hall–Kier alpha value is -4.65. The maximum absolute atomic E-state index is 12.8. The van der Waals surface area contributed by atoms with Crippen molar-refractivity contribution < 1.29 is 23.5 Å². The topological polar surface area (TPSA) is 110 Å². The van der Waals surface area contributed by atoms with Gasteiger partial charge in [-0.25, -0.2) is 9.59 Å². The highest BCUT2D eigenvalue weighted by Gasteiger charge is 2.24. The second-order valence-corrected chi connectivity index (χ2v) is 8.28. The number of rotatable bonds is 6. The Bertz CT molecular complexity index is 1620. The Morgan fingerprint density at radius 2 is 1.63 bits per heavy atom. The number of carbonyl (C=O) groups excluding carboxylic acids is 1. The lowest BCUT2D eigenvalue weighted by molar-refractivity contribution is -0.142. The first-order valence-corrected chi connectivity index (χ1v) is 11.0. The van der Waals surface area contributed by atoms with Gasteiger partial charge in [0, 0.05) is 22.4 Å². The van der Waals surface area contributed by atoms with Gasteiger partial charge in [0.15, 0.2) is 6.04 Å². The molecule has 2 aromatic heterocycles. The Kier molecular flexibility index (Phi) is 5.66. The fourth-order valence-corrected chi connectivity index (χ4v) is 4.26. The number of benzene rings is 3. The number of aryl methyl sites for hydroxylation is 1. The molecule has 7 nitrogen and oxygen atoms in total. The van der Waals surface area contributed by atoms with Gasteiger partial charge in [-0.2, -0.15) is 0 Å². The lowest BCUT2D eigenvalue weighted by atomic mass is 9.99. The van der Waals surface area contributed by atoms with Crippen LogP contribution in [0.25, 0.3) is 33.1 Å². The second kappa shape index (κ2) is 8.95. The summed E-state index contributed by atoms with van der Waals surface area (Å²) in [4.78, 5) is 37.3. The van der Waals surface area contributed by atoms with Crippen LogP contribution in [0.1, 0.15) is 22.7 Å². The van der Waals surface area contributed by atoms with Gasteiger partial charge < -0.3 is 19.3 Å². The zero-order valence-electron chi connectivity index (χ0n) is 18.8. The quantitative estimate of drug-likeness (QED) is 0.340. The number of carboxylic acid groups (broad SMARTS) is 1. The molecule has 1 unspecified atom stereocenters. The van der Waals surface area contributed by atoms with Crippen molar-refractivity contribution >= 4 is 33.8 Å². The van der Waals surface area contributed by atoms with Crippen LogP contribution in [0.15, 0.2) is 92.7 Å². The van der Waals surface area contributed by atoms with Gasteiger partial charge in [0.25, 0.3) is 0 Å². The van der Waals surface area contributed by atoms with Crippen LogP contribution < -0.4 is 10.9 Å². The molecule has 0 radical (unpaired) electrons. The minimum absolute atomic E-state index is 0.177. The molecule has 0 spiro atoms. The molecule has 0 aliphatic carbocycles. The third-order valence-electron chi connectivity index (χ3n) is 6.09. The fourth-order valence-electron chi connectivity index (χ4n) is 4.26. The molecule has 174 valence electrons. The molecule has 0 aliphatic heterocycles. The maximum Gasteiger partial charge on any atom is 0.340 e. The second-order valence-electron chi connectivity index (χ2n) is 8.28. The number of furan rings is 1. The van der Waals surface area contributed by atoms with E-state index in [4.69, 9.17) is 8.83 Å². The van der Waals surface area contributed by atoms with E-state index in [2.05, 4.69) is 5.32 Å². The summed E-state index contributed by atoms with van der Waals surface area (Å²) in [7, 11) is 0. The van der Waals surface area contributed by atoms with Crippen molar-refractivity contribution in [2.75, 3.05) is 0 Å². The van der Waals surface area contributed by atoms with Crippen molar-refractivity contribution in [3.8, 4) is 11.1 Å². The van der Waals surface area contributed by atoms with E-state index in [0.717, 1.165) is 16.5 Å². The van der Waals surface area contributed by atoms with E-state index < -0.39 is 23.5 Å². The van der Waals surface area contributed by atoms with Crippen molar-refractivity contribution in [2.45, 2.75) is 19.4 Å². The van der Waals surface area contributed by atoms with Crippen LogP contribution in [0, 0.1) is 6.92 Å². The van der Waals surface area contributed by atoms with E-state index in [9.17, 15) is 19.5 Å². The van der Waals surface area contributed by atoms with E-state index in [1.165, 1.54) is 0 Å². The van der Waals surface area contributed by atoms with Gasteiger partial charge in [-0.3, -0.25) is 4.79 Å². The van der Waals surface area contributed by atoms with Gasteiger partial charge in [0.1, 0.15) is 11.2 Å². The summed E-state index contributed by atoms with van der Waals surface area (Å²) >= 11 is 0. The first-order valence-electron chi connectivity index (χ1n) is 11.0. The van der Waals surface area contributed by atoms with Gasteiger partial charge in [0.2, 0.25) is 5.91 Å². The smallest absolute Gasteiger partial charge is 0.340 e. The van der Waals surface area contributed by atoms with Gasteiger partial charge in [-0.15, -0.1) is 0 Å². The Morgan fingerprint density at radius 1 is 0.943 bits per heavy atom. The zero-order valence-corrected chi connectivity index (χ0v) is 18.8. The van der Waals surface area contributed by atoms with Crippen molar-refractivity contribution in [1.29, 1.82) is 0 Å². The number of nitrogens with one attached hydrogen (secondary N) is 1. The summed E-state index contributed by atoms with van der Waals surface area (Å²) in [6, 6.07) is 20.5. The van der Waals surface area contributed by atoms with E-state index in [-0.39, 0.29) is 12.0 Å². The maximum atomic E-state index is 12.8. The van der Waals surface area contributed by atoms with E-state index in [0.29, 0.717) is 27.7 Å². The van der Waals surface area contributed by atoms with Crippen LogP contribution in [0.2, 0.25) is 0 Å². The molecular formula is C28H21NO6. The van der Waals surface area contributed by atoms with Crippen LogP contribution in [0.5, 0.6) is 0 Å². The number of hydrogen-bond acceptors (Lipinski definition) is 5. The van der Waals surface area contributed by atoms with Crippen LogP contribution in [-0.4, -0.2) is 17.0 Å². The van der Waals surface area contributed by atoms with Crippen LogP contribution in [0.4, 0.5) is 0 Å². The summed E-state index contributed by atoms with van der Waals surface area (Å²) in [5.74, 6) is -1.78. The van der Waals surface area contributed by atoms with E-state index in [1.807, 2.05) is 36.4 Å². The summed E-state index contributed by atoms with van der Waals surface area (Å²) in [5.41, 5.74) is 3.39. The van der Waals surface area contributed by atoms with Crippen molar-refractivity contribution in [3.05, 3.63) is 106 Å². The Balaban J connectivity index is 1.51. The van der Waals surface area contributed by atoms with Crippen LogP contribution in [-0.2, 0) is 16.0 Å². The highest BCUT2D eigenvalue weighted by molar-refractivity contribution is 6.02. The molecule has 2 N–H and O–H groups in total. The standard InChI is InChI=1S/C28H21NO6/c1-16-19-12-21-22(17-8-4-2-5-9-17)15-34-23(21)14-24(19)35-28(33)20(16)13-25(30)29-26(27(31)32)18-10-6-3-7-11-18/h2-12,14-15,26H,13H2,1H3,(H,29,30)(H,31,32). The third kappa shape index (κ3) is 4.19. The molecule has 5 rings (SSSR count). The highest BCUT2D eigenvalue weighted by atomic mass is 16.4. The minimum Gasteiger partial charge on any atom is -0.479 e. The van der Waals surface area contributed by atoms with Crippen LogP contribution >= 0.6 is 0 Å². The van der Waals surface area contributed by atoms with E-state index >= 15 is 0 Å². The number of fused-ring (bicyclic) bond motifs is 2. The predicted octanol–water partition coefficient (Wildman–Crippen LogP) is 5.00. The molecule has 0 saturated heterocycles. The average molecular weight is 467 g/mol. The lowest BCUT2D eigenvalue weighted by Gasteiger charge is -2.15. The number of aliphatic carboxylic acids is 1. The first kappa shape index (κ1) is 22.2. The number of carboxylic acids is 1. The summed E-state index contributed by atoms with van der Waals surface area (Å²) < 4.78 is 11.2. The van der Waals surface area contributed by atoms with Gasteiger partial charge >= 0.3 is 11.6 Å². The molecule has 1 atom stereocenters. The number of carbonyl (C=O) groups is 2. The first-order chi connectivity index (χ1) is 16.9. The zero-order chi connectivity index (χ0) is 24.5. The van der Waals surface area contributed by atoms with Gasteiger partial charge in [-0.05, 0) is 29.7 Å². The molecule has 0 saturated carbocycles. The van der Waals surface area contributed by atoms with Crippen molar-refractivity contribution in [3.63, 3.8) is 0 Å². The van der Waals surface area contributed by atoms with E-state index in [1.54, 1.807) is 49.6 Å².